The predicted molar refractivity (Wildman–Crippen MR) is 97.1 cm³/mol. The summed E-state index contributed by atoms with van der Waals surface area (Å²) in [6.07, 6.45) is 0. The normalized spacial score (nSPS) is 10.9. The van der Waals surface area contributed by atoms with E-state index in [1.807, 2.05) is 0 Å². The Morgan fingerprint density at radius 1 is 1.12 bits per heavy atom. The van der Waals surface area contributed by atoms with Gasteiger partial charge in [0.25, 0.3) is 5.91 Å². The Hall–Kier alpha value is -1.19. The molecule has 1 amide bonds. The fraction of sp³-hybridized carbons (Fsp3) is 0.533. The van der Waals surface area contributed by atoms with Crippen molar-refractivity contribution in [2.24, 2.45) is 0 Å². The summed E-state index contributed by atoms with van der Waals surface area (Å²) < 4.78 is 30.1. The molecule has 0 spiro atoms. The van der Waals surface area contributed by atoms with E-state index in [4.69, 9.17) is 4.74 Å². The molecule has 9 heteroatoms. The molecule has 138 valence electrons. The van der Waals surface area contributed by atoms with Crippen molar-refractivity contribution >= 4 is 28.3 Å². The number of amides is 1. The van der Waals surface area contributed by atoms with E-state index in [0.717, 1.165) is 12.1 Å². The van der Waals surface area contributed by atoms with Gasteiger partial charge in [-0.15, -0.1) is 12.4 Å². The molecule has 7 nitrogen and oxygen atoms in total. The quantitative estimate of drug-likeness (QED) is 0.487. The van der Waals surface area contributed by atoms with Gasteiger partial charge < -0.3 is 15.4 Å². The molecule has 0 aliphatic heterocycles. The van der Waals surface area contributed by atoms with Crippen molar-refractivity contribution in [3.63, 3.8) is 0 Å². The van der Waals surface area contributed by atoms with Gasteiger partial charge in [0.2, 0.25) is 10.0 Å². The van der Waals surface area contributed by atoms with E-state index in [1.54, 1.807) is 38.3 Å². The summed E-state index contributed by atoms with van der Waals surface area (Å²) in [5.74, 6) is -0.106. The number of sulfonamides is 1. The molecule has 0 aliphatic rings. The third-order valence-corrected chi connectivity index (χ3v) is 4.51. The summed E-state index contributed by atoms with van der Waals surface area (Å²) in [5, 5.41) is 5.94. The van der Waals surface area contributed by atoms with Gasteiger partial charge in [0.15, 0.2) is 0 Å². The van der Waals surface area contributed by atoms with Gasteiger partial charge in [-0.1, -0.05) is 12.1 Å². The molecule has 0 unspecified atom stereocenters. The Balaban J connectivity index is 0.00000529. The molecule has 24 heavy (non-hydrogen) atoms. The van der Waals surface area contributed by atoms with Crippen molar-refractivity contribution in [1.29, 1.82) is 0 Å². The minimum absolute atomic E-state index is 0. The highest BCUT2D eigenvalue weighted by molar-refractivity contribution is 7.89. The Morgan fingerprint density at radius 2 is 1.79 bits per heavy atom. The molecule has 0 radical (unpaired) electrons. The molecular formula is C15H26ClN3O4S. The van der Waals surface area contributed by atoms with Crippen LogP contribution in [0.1, 0.15) is 22.8 Å². The van der Waals surface area contributed by atoms with Crippen LogP contribution in [0.4, 0.5) is 0 Å². The Labute approximate surface area is 150 Å². The number of methoxy groups -OCH3 is 1. The summed E-state index contributed by atoms with van der Waals surface area (Å²) in [7, 11) is -1.57. The number of nitrogens with one attached hydrogen (secondary N) is 3. The molecule has 0 saturated carbocycles. The van der Waals surface area contributed by atoms with Crippen molar-refractivity contribution in [3.8, 4) is 0 Å². The van der Waals surface area contributed by atoms with E-state index in [9.17, 15) is 13.2 Å². The second-order valence-corrected chi connectivity index (χ2v) is 7.02. The third-order valence-electron chi connectivity index (χ3n) is 3.16. The summed E-state index contributed by atoms with van der Waals surface area (Å²) >= 11 is 0. The number of ether oxygens (including phenoxy) is 1. The van der Waals surface area contributed by atoms with Crippen molar-refractivity contribution in [1.82, 2.24) is 15.4 Å². The van der Waals surface area contributed by atoms with Crippen LogP contribution < -0.4 is 15.4 Å². The number of halogens is 1. The summed E-state index contributed by atoms with van der Waals surface area (Å²) in [4.78, 5) is 11.9. The van der Waals surface area contributed by atoms with Crippen molar-refractivity contribution < 1.29 is 17.9 Å². The van der Waals surface area contributed by atoms with E-state index >= 15 is 0 Å². The van der Waals surface area contributed by atoms with Crippen molar-refractivity contribution in [3.05, 3.63) is 35.4 Å². The maximum atomic E-state index is 11.9. The summed E-state index contributed by atoms with van der Waals surface area (Å²) in [5.41, 5.74) is 1.35. The Morgan fingerprint density at radius 3 is 2.38 bits per heavy atom. The minimum Gasteiger partial charge on any atom is -0.383 e. The first-order valence-electron chi connectivity index (χ1n) is 7.52. The molecule has 3 N–H and O–H groups in total. The fourth-order valence-corrected chi connectivity index (χ4v) is 2.33. The van der Waals surface area contributed by atoms with Crippen LogP contribution in [0.5, 0.6) is 0 Å². The molecule has 0 fully saturated rings. The first-order chi connectivity index (χ1) is 11.0. The molecule has 1 aromatic rings. The predicted octanol–water partition coefficient (Wildman–Crippen LogP) is 0.514. The molecule has 1 aromatic carbocycles. The topological polar surface area (TPSA) is 96.5 Å². The van der Waals surface area contributed by atoms with Crippen LogP contribution in [0.25, 0.3) is 0 Å². The number of carbonyl (C=O) groups is 1. The van der Waals surface area contributed by atoms with E-state index in [0.29, 0.717) is 25.3 Å². The molecule has 0 aromatic heterocycles. The van der Waals surface area contributed by atoms with Gasteiger partial charge in [-0.2, -0.15) is 0 Å². The van der Waals surface area contributed by atoms with Crippen molar-refractivity contribution in [2.45, 2.75) is 13.5 Å². The van der Waals surface area contributed by atoms with Crippen LogP contribution in [-0.4, -0.2) is 53.4 Å². The first kappa shape index (κ1) is 22.8. The van der Waals surface area contributed by atoms with Crippen LogP contribution in [0, 0.1) is 0 Å². The molecule has 0 aliphatic carbocycles. The van der Waals surface area contributed by atoms with E-state index in [2.05, 4.69) is 15.4 Å². The summed E-state index contributed by atoms with van der Waals surface area (Å²) in [6.45, 7) is 4.39. The van der Waals surface area contributed by atoms with Crippen LogP contribution in [0.15, 0.2) is 24.3 Å². The van der Waals surface area contributed by atoms with E-state index < -0.39 is 10.0 Å². The van der Waals surface area contributed by atoms with E-state index in [-0.39, 0.29) is 30.6 Å². The first-order valence-corrected chi connectivity index (χ1v) is 9.18. The fourth-order valence-electron chi connectivity index (χ4n) is 1.74. The number of hydrogen-bond donors (Lipinski definition) is 3. The molecule has 0 saturated heterocycles. The van der Waals surface area contributed by atoms with Gasteiger partial charge in [-0.05, 0) is 24.6 Å². The Kier molecular flexibility index (Phi) is 11.6. The van der Waals surface area contributed by atoms with Crippen LogP contribution in [-0.2, 0) is 21.3 Å². The molecule has 1 rings (SSSR count). The molecular weight excluding hydrogens is 354 g/mol. The van der Waals surface area contributed by atoms with Gasteiger partial charge in [0, 0.05) is 38.9 Å². The highest BCUT2D eigenvalue weighted by atomic mass is 35.5. The van der Waals surface area contributed by atoms with Crippen LogP contribution in [0.2, 0.25) is 0 Å². The summed E-state index contributed by atoms with van der Waals surface area (Å²) in [6, 6.07) is 6.85. The standard InChI is InChI=1S/C15H25N3O4S.ClH/c1-3-23(20,21)18-12-13-4-6-14(7-5-13)15(19)17-9-8-16-10-11-22-2;/h4-7,16,18H,3,8-12H2,1-2H3,(H,17,19);1H. The van der Waals surface area contributed by atoms with Crippen LogP contribution in [0.3, 0.4) is 0 Å². The SMILES string of the molecule is CCS(=O)(=O)NCc1ccc(C(=O)NCCNCCOC)cc1.Cl. The van der Waals surface area contributed by atoms with Gasteiger partial charge in [-0.3, -0.25) is 4.79 Å². The average molecular weight is 380 g/mol. The lowest BCUT2D eigenvalue weighted by atomic mass is 10.1. The Bertz CT molecular complexity index is 579. The number of benzene rings is 1. The van der Waals surface area contributed by atoms with Gasteiger partial charge in [-0.25, -0.2) is 13.1 Å². The maximum Gasteiger partial charge on any atom is 0.251 e. The van der Waals surface area contributed by atoms with Crippen molar-refractivity contribution in [2.75, 3.05) is 39.1 Å². The van der Waals surface area contributed by atoms with Gasteiger partial charge in [0.05, 0.1) is 12.4 Å². The lowest BCUT2D eigenvalue weighted by molar-refractivity contribution is 0.0953. The molecule has 0 atom stereocenters. The lowest BCUT2D eigenvalue weighted by Gasteiger charge is -2.08. The molecule has 0 bridgehead atoms. The monoisotopic (exact) mass is 379 g/mol. The second kappa shape index (κ2) is 12.2. The zero-order valence-corrected chi connectivity index (χ0v) is 15.6. The largest absolute Gasteiger partial charge is 0.383 e. The molecule has 0 heterocycles. The van der Waals surface area contributed by atoms with Crippen LogP contribution >= 0.6 is 12.4 Å². The zero-order valence-electron chi connectivity index (χ0n) is 14.0. The van der Waals surface area contributed by atoms with E-state index in [1.165, 1.54) is 0 Å². The van der Waals surface area contributed by atoms with Gasteiger partial charge >= 0.3 is 0 Å². The third kappa shape index (κ3) is 9.19. The number of carbonyl (C=O) groups excluding carboxylic acids is 1. The lowest BCUT2D eigenvalue weighted by Crippen LogP contribution is -2.33. The number of hydrogen-bond acceptors (Lipinski definition) is 5. The van der Waals surface area contributed by atoms with Gasteiger partial charge in [0.1, 0.15) is 0 Å². The minimum atomic E-state index is -3.21. The number of rotatable bonds is 11. The average Bonchev–Trinajstić information content (AvgIpc) is 2.56. The highest BCUT2D eigenvalue weighted by Gasteiger charge is 2.07. The highest BCUT2D eigenvalue weighted by Crippen LogP contribution is 2.05. The zero-order chi connectivity index (χ0) is 17.1. The second-order valence-electron chi connectivity index (χ2n) is 4.92. The smallest absolute Gasteiger partial charge is 0.251 e. The maximum absolute atomic E-state index is 11.9.